The quantitative estimate of drug-likeness (QED) is 0.653. The van der Waals surface area contributed by atoms with Crippen LogP contribution in [0.3, 0.4) is 0 Å². The molecule has 0 heterocycles. The van der Waals surface area contributed by atoms with E-state index in [0.717, 1.165) is 0 Å². The van der Waals surface area contributed by atoms with Gasteiger partial charge >= 0.3 is 19.5 Å². The maximum Gasteiger partial charge on any atom is 0.346 e. The van der Waals surface area contributed by atoms with Gasteiger partial charge in [-0.05, 0) is 27.7 Å². The fraction of sp³-hybridized carbons (Fsp3) is 0.800. The fourth-order valence-corrected chi connectivity index (χ4v) is 3.77. The maximum absolute atomic E-state index is 12.4. The zero-order chi connectivity index (χ0) is 14.6. The first kappa shape index (κ1) is 17.1. The highest BCUT2D eigenvalue weighted by molar-refractivity contribution is 7.55. The third-order valence-electron chi connectivity index (χ3n) is 2.40. The lowest BCUT2D eigenvalue weighted by Crippen LogP contribution is -2.43. The van der Waals surface area contributed by atoms with Crippen molar-refractivity contribution >= 4 is 19.5 Å². The molecule has 106 valence electrons. The second-order valence-corrected chi connectivity index (χ2v) is 6.26. The average molecular weight is 282 g/mol. The van der Waals surface area contributed by atoms with Gasteiger partial charge < -0.3 is 19.3 Å². The van der Waals surface area contributed by atoms with Gasteiger partial charge in [-0.15, -0.1) is 0 Å². The number of hydrogen-bond donors (Lipinski definition) is 2. The molecule has 0 fully saturated rings. The number of carboxylic acid groups (broad SMARTS) is 2. The van der Waals surface area contributed by atoms with Crippen LogP contribution >= 0.6 is 7.60 Å². The van der Waals surface area contributed by atoms with Crippen molar-refractivity contribution in [2.24, 2.45) is 5.41 Å². The van der Waals surface area contributed by atoms with E-state index in [9.17, 15) is 14.2 Å². The zero-order valence-corrected chi connectivity index (χ0v) is 11.8. The number of hydrogen-bond acceptors (Lipinski definition) is 5. The summed E-state index contributed by atoms with van der Waals surface area (Å²) in [6.07, 6.45) is 0. The summed E-state index contributed by atoms with van der Waals surface area (Å²) in [6, 6.07) is 0. The zero-order valence-electron chi connectivity index (χ0n) is 10.9. The number of carbonyl (C=O) groups is 2. The van der Waals surface area contributed by atoms with Gasteiger partial charge in [0, 0.05) is 0 Å². The van der Waals surface area contributed by atoms with Crippen LogP contribution in [0, 0.1) is 5.41 Å². The van der Waals surface area contributed by atoms with Gasteiger partial charge in [0.25, 0.3) is 0 Å². The molecule has 8 heteroatoms. The topological polar surface area (TPSA) is 110 Å². The molecule has 0 saturated heterocycles. The van der Waals surface area contributed by atoms with Crippen LogP contribution in [0.5, 0.6) is 0 Å². The normalized spacial score (nSPS) is 14.2. The van der Waals surface area contributed by atoms with Gasteiger partial charge in [-0.2, -0.15) is 0 Å². The van der Waals surface area contributed by atoms with E-state index < -0.39 is 30.6 Å². The summed E-state index contributed by atoms with van der Waals surface area (Å²) in [7, 11) is -4.04. The molecule has 0 aromatic carbocycles. The van der Waals surface area contributed by atoms with Gasteiger partial charge in [-0.25, -0.2) is 0 Å². The predicted octanol–water partition coefficient (Wildman–Crippen LogP) is 1.82. The molecule has 0 aromatic heterocycles. The van der Waals surface area contributed by atoms with E-state index in [4.69, 9.17) is 19.3 Å². The Bertz CT molecular complexity index is 353. The lowest BCUT2D eigenvalue weighted by molar-refractivity contribution is -0.153. The summed E-state index contributed by atoms with van der Waals surface area (Å²) in [5.74, 6) is -2.90. The standard InChI is InChI=1S/C10H19O7P/c1-5-16-18(15,17-6-2)7(8(11)12)10(3,4)9(13)14/h7H,5-6H2,1-4H3,(H,11,12)(H,13,14). The molecule has 0 bridgehead atoms. The van der Waals surface area contributed by atoms with E-state index in [-0.39, 0.29) is 13.2 Å². The minimum Gasteiger partial charge on any atom is -0.481 e. The van der Waals surface area contributed by atoms with Crippen molar-refractivity contribution in [2.75, 3.05) is 13.2 Å². The minimum absolute atomic E-state index is 0.0310. The molecule has 0 aliphatic heterocycles. The van der Waals surface area contributed by atoms with E-state index in [1.807, 2.05) is 0 Å². The number of carboxylic acids is 2. The Hall–Kier alpha value is -0.910. The van der Waals surface area contributed by atoms with Crippen LogP contribution in [0.2, 0.25) is 0 Å². The van der Waals surface area contributed by atoms with Crippen LogP contribution in [0.1, 0.15) is 27.7 Å². The third-order valence-corrected chi connectivity index (χ3v) is 5.14. The minimum atomic E-state index is -4.04. The fourth-order valence-electron chi connectivity index (χ4n) is 1.50. The van der Waals surface area contributed by atoms with Crippen LogP contribution in [-0.4, -0.2) is 41.0 Å². The van der Waals surface area contributed by atoms with Crippen molar-refractivity contribution < 1.29 is 33.4 Å². The monoisotopic (exact) mass is 282 g/mol. The van der Waals surface area contributed by atoms with Gasteiger partial charge in [0.2, 0.25) is 0 Å². The van der Waals surface area contributed by atoms with E-state index in [1.165, 1.54) is 27.7 Å². The Morgan fingerprint density at radius 2 is 1.56 bits per heavy atom. The van der Waals surface area contributed by atoms with E-state index >= 15 is 0 Å². The Balaban J connectivity index is 5.64. The highest BCUT2D eigenvalue weighted by Crippen LogP contribution is 2.58. The first-order valence-electron chi connectivity index (χ1n) is 5.48. The molecule has 0 aliphatic carbocycles. The van der Waals surface area contributed by atoms with Gasteiger partial charge in [-0.1, -0.05) is 0 Å². The second kappa shape index (κ2) is 6.31. The van der Waals surface area contributed by atoms with Crippen molar-refractivity contribution in [1.82, 2.24) is 0 Å². The number of aliphatic carboxylic acids is 2. The highest BCUT2D eigenvalue weighted by Gasteiger charge is 2.54. The summed E-state index contributed by atoms with van der Waals surface area (Å²) in [5, 5.41) is 18.2. The first-order chi connectivity index (χ1) is 8.13. The molecule has 0 spiro atoms. The van der Waals surface area contributed by atoms with Gasteiger partial charge in [0.1, 0.15) is 0 Å². The molecule has 18 heavy (non-hydrogen) atoms. The van der Waals surface area contributed by atoms with E-state index in [2.05, 4.69) is 0 Å². The molecule has 1 unspecified atom stereocenters. The van der Waals surface area contributed by atoms with Crippen LogP contribution < -0.4 is 0 Å². The Kier molecular flexibility index (Phi) is 5.99. The molecule has 0 aromatic rings. The molecule has 2 N–H and O–H groups in total. The Morgan fingerprint density at radius 1 is 1.17 bits per heavy atom. The van der Waals surface area contributed by atoms with Gasteiger partial charge in [0.05, 0.1) is 18.6 Å². The van der Waals surface area contributed by atoms with Crippen molar-refractivity contribution in [3.8, 4) is 0 Å². The molecule has 0 saturated carbocycles. The lowest BCUT2D eigenvalue weighted by atomic mass is 9.89. The van der Waals surface area contributed by atoms with Crippen LogP contribution in [0.4, 0.5) is 0 Å². The third kappa shape index (κ3) is 3.54. The lowest BCUT2D eigenvalue weighted by Gasteiger charge is -2.32. The SMILES string of the molecule is CCOP(=O)(OCC)C(C(=O)O)C(C)(C)C(=O)O. The smallest absolute Gasteiger partial charge is 0.346 e. The van der Waals surface area contributed by atoms with Gasteiger partial charge in [0.15, 0.2) is 5.66 Å². The molecule has 0 amide bonds. The number of rotatable bonds is 8. The highest BCUT2D eigenvalue weighted by atomic mass is 31.2. The second-order valence-electron chi connectivity index (χ2n) is 4.14. The van der Waals surface area contributed by atoms with Crippen molar-refractivity contribution in [3.63, 3.8) is 0 Å². The molecule has 0 rings (SSSR count). The summed E-state index contributed by atoms with van der Waals surface area (Å²) in [4.78, 5) is 22.4. The summed E-state index contributed by atoms with van der Waals surface area (Å²) in [5.41, 5.74) is -3.53. The van der Waals surface area contributed by atoms with Crippen LogP contribution in [-0.2, 0) is 23.2 Å². The van der Waals surface area contributed by atoms with E-state index in [1.54, 1.807) is 0 Å². The molecule has 0 aliphatic rings. The van der Waals surface area contributed by atoms with Gasteiger partial charge in [-0.3, -0.25) is 14.2 Å². The Morgan fingerprint density at radius 3 is 1.78 bits per heavy atom. The molecular formula is C10H19O7P. The predicted molar refractivity (Wildman–Crippen MR) is 63.7 cm³/mol. The van der Waals surface area contributed by atoms with Crippen molar-refractivity contribution in [3.05, 3.63) is 0 Å². The van der Waals surface area contributed by atoms with Crippen molar-refractivity contribution in [2.45, 2.75) is 33.4 Å². The van der Waals surface area contributed by atoms with E-state index in [0.29, 0.717) is 0 Å². The van der Waals surface area contributed by atoms with Crippen molar-refractivity contribution in [1.29, 1.82) is 0 Å². The summed E-state index contributed by atoms with van der Waals surface area (Å²) < 4.78 is 22.3. The first-order valence-corrected chi connectivity index (χ1v) is 7.09. The average Bonchev–Trinajstić information content (AvgIpc) is 2.16. The van der Waals surface area contributed by atoms with Crippen LogP contribution in [0.15, 0.2) is 0 Å². The molecule has 1 atom stereocenters. The summed E-state index contributed by atoms with van der Waals surface area (Å²) in [6.45, 7) is 5.35. The molecule has 0 radical (unpaired) electrons. The molecular weight excluding hydrogens is 263 g/mol. The molecule has 7 nitrogen and oxygen atoms in total. The Labute approximate surface area is 106 Å². The maximum atomic E-state index is 12.4. The van der Waals surface area contributed by atoms with Crippen LogP contribution in [0.25, 0.3) is 0 Å². The largest absolute Gasteiger partial charge is 0.481 e. The summed E-state index contributed by atoms with van der Waals surface area (Å²) >= 11 is 0.